The van der Waals surface area contributed by atoms with E-state index in [1.54, 1.807) is 7.11 Å². The van der Waals surface area contributed by atoms with Gasteiger partial charge in [0.1, 0.15) is 11.5 Å². The average Bonchev–Trinajstić information content (AvgIpc) is 2.57. The Bertz CT molecular complexity index is 644. The van der Waals surface area contributed by atoms with E-state index in [0.717, 1.165) is 22.7 Å². The van der Waals surface area contributed by atoms with Crippen molar-refractivity contribution in [3.8, 4) is 11.5 Å². The zero-order valence-corrected chi connectivity index (χ0v) is 14.4. The Morgan fingerprint density at radius 3 is 2.48 bits per heavy atom. The van der Waals surface area contributed by atoms with Gasteiger partial charge in [0.2, 0.25) is 0 Å². The van der Waals surface area contributed by atoms with Gasteiger partial charge in [0.15, 0.2) is 5.11 Å². The number of para-hydroxylation sites is 2. The minimum Gasteiger partial charge on any atom is -0.497 e. The lowest BCUT2D eigenvalue weighted by Crippen LogP contribution is -2.31. The molecule has 5 heteroatoms. The third-order valence-electron chi connectivity index (χ3n) is 3.40. The molecule has 0 saturated carbocycles. The fourth-order valence-electron chi connectivity index (χ4n) is 2.18. The van der Waals surface area contributed by atoms with E-state index < -0.39 is 0 Å². The molecule has 0 aliphatic heterocycles. The standard InChI is InChI=1S/C18H22N2O2S/c1-4-22-17-8-6-5-7-16(17)20-18(23)19-13(2)14-9-11-15(21-3)12-10-14/h5-13H,4H2,1-3H3,(H2,19,20,23)/t13-/m1/s1. The molecule has 2 rings (SSSR count). The highest BCUT2D eigenvalue weighted by Crippen LogP contribution is 2.24. The Morgan fingerprint density at radius 2 is 1.83 bits per heavy atom. The summed E-state index contributed by atoms with van der Waals surface area (Å²) < 4.78 is 10.8. The molecule has 1 atom stereocenters. The third kappa shape index (κ3) is 4.86. The largest absolute Gasteiger partial charge is 0.497 e. The molecule has 2 aromatic rings. The highest BCUT2D eigenvalue weighted by Gasteiger charge is 2.09. The highest BCUT2D eigenvalue weighted by molar-refractivity contribution is 7.80. The van der Waals surface area contributed by atoms with Crippen molar-refractivity contribution in [3.05, 3.63) is 54.1 Å². The summed E-state index contributed by atoms with van der Waals surface area (Å²) in [4.78, 5) is 0. The normalized spacial score (nSPS) is 11.4. The lowest BCUT2D eigenvalue weighted by atomic mass is 10.1. The monoisotopic (exact) mass is 330 g/mol. The average molecular weight is 330 g/mol. The van der Waals surface area contributed by atoms with Crippen LogP contribution >= 0.6 is 12.2 Å². The van der Waals surface area contributed by atoms with Gasteiger partial charge in [-0.2, -0.15) is 0 Å². The molecule has 23 heavy (non-hydrogen) atoms. The van der Waals surface area contributed by atoms with Crippen molar-refractivity contribution in [2.75, 3.05) is 19.0 Å². The molecular formula is C18H22N2O2S. The van der Waals surface area contributed by atoms with Crippen LogP contribution in [0.25, 0.3) is 0 Å². The van der Waals surface area contributed by atoms with Crippen LogP contribution in [-0.4, -0.2) is 18.8 Å². The molecule has 122 valence electrons. The minimum absolute atomic E-state index is 0.0835. The second-order valence-corrected chi connectivity index (χ2v) is 5.43. The molecule has 0 spiro atoms. The van der Waals surface area contributed by atoms with Gasteiger partial charge in [-0.1, -0.05) is 24.3 Å². The number of methoxy groups -OCH3 is 1. The molecule has 0 radical (unpaired) electrons. The van der Waals surface area contributed by atoms with E-state index >= 15 is 0 Å². The number of hydrogen-bond donors (Lipinski definition) is 2. The van der Waals surface area contributed by atoms with E-state index in [-0.39, 0.29) is 6.04 Å². The topological polar surface area (TPSA) is 42.5 Å². The smallest absolute Gasteiger partial charge is 0.171 e. The number of benzene rings is 2. The van der Waals surface area contributed by atoms with E-state index in [9.17, 15) is 0 Å². The molecule has 2 aromatic carbocycles. The number of thiocarbonyl (C=S) groups is 1. The maximum Gasteiger partial charge on any atom is 0.171 e. The van der Waals surface area contributed by atoms with Crippen molar-refractivity contribution in [2.24, 2.45) is 0 Å². The van der Waals surface area contributed by atoms with Crippen LogP contribution in [0, 0.1) is 0 Å². The zero-order chi connectivity index (χ0) is 16.7. The minimum atomic E-state index is 0.0835. The summed E-state index contributed by atoms with van der Waals surface area (Å²) in [5.74, 6) is 1.63. The number of ether oxygens (including phenoxy) is 2. The fourth-order valence-corrected chi connectivity index (χ4v) is 2.47. The van der Waals surface area contributed by atoms with E-state index in [2.05, 4.69) is 17.6 Å². The van der Waals surface area contributed by atoms with Gasteiger partial charge in [-0.15, -0.1) is 0 Å². The molecule has 0 aliphatic rings. The first-order chi connectivity index (χ1) is 11.1. The molecular weight excluding hydrogens is 308 g/mol. The Kier molecular flexibility index (Phi) is 6.23. The van der Waals surface area contributed by atoms with Gasteiger partial charge in [0.05, 0.1) is 25.4 Å². The van der Waals surface area contributed by atoms with Gasteiger partial charge in [-0.3, -0.25) is 0 Å². The first-order valence-electron chi connectivity index (χ1n) is 7.57. The summed E-state index contributed by atoms with van der Waals surface area (Å²) >= 11 is 5.40. The van der Waals surface area contributed by atoms with Crippen molar-refractivity contribution in [1.82, 2.24) is 5.32 Å². The van der Waals surface area contributed by atoms with Crippen LogP contribution in [0.15, 0.2) is 48.5 Å². The second kappa shape index (κ2) is 8.39. The zero-order valence-electron chi connectivity index (χ0n) is 13.6. The fraction of sp³-hybridized carbons (Fsp3) is 0.278. The van der Waals surface area contributed by atoms with Crippen molar-refractivity contribution in [2.45, 2.75) is 19.9 Å². The van der Waals surface area contributed by atoms with Gasteiger partial charge < -0.3 is 20.1 Å². The van der Waals surface area contributed by atoms with Crippen LogP contribution in [0.4, 0.5) is 5.69 Å². The van der Waals surface area contributed by atoms with Crippen molar-refractivity contribution in [3.63, 3.8) is 0 Å². The van der Waals surface area contributed by atoms with Gasteiger partial charge in [0, 0.05) is 0 Å². The Labute approximate surface area is 142 Å². The van der Waals surface area contributed by atoms with Crippen LogP contribution in [-0.2, 0) is 0 Å². The van der Waals surface area contributed by atoms with E-state index in [1.807, 2.05) is 55.5 Å². The van der Waals surface area contributed by atoms with E-state index in [0.29, 0.717) is 11.7 Å². The number of nitrogens with one attached hydrogen (secondary N) is 2. The maximum atomic E-state index is 5.59. The molecule has 0 heterocycles. The summed E-state index contributed by atoms with van der Waals surface area (Å²) in [6.45, 7) is 4.63. The molecule has 0 unspecified atom stereocenters. The lowest BCUT2D eigenvalue weighted by Gasteiger charge is -2.19. The summed E-state index contributed by atoms with van der Waals surface area (Å²) in [5, 5.41) is 7.02. The van der Waals surface area contributed by atoms with E-state index in [4.69, 9.17) is 21.7 Å². The summed E-state index contributed by atoms with van der Waals surface area (Å²) in [6, 6.07) is 15.7. The van der Waals surface area contributed by atoms with Gasteiger partial charge in [-0.05, 0) is 55.9 Å². The Hall–Kier alpha value is -2.27. The number of rotatable bonds is 6. The van der Waals surface area contributed by atoms with Crippen molar-refractivity contribution in [1.29, 1.82) is 0 Å². The molecule has 0 amide bonds. The number of anilines is 1. The SMILES string of the molecule is CCOc1ccccc1NC(=S)N[C@H](C)c1ccc(OC)cc1. The van der Waals surface area contributed by atoms with Crippen molar-refractivity contribution >= 4 is 23.0 Å². The maximum absolute atomic E-state index is 5.59. The molecule has 4 nitrogen and oxygen atoms in total. The van der Waals surface area contributed by atoms with Crippen molar-refractivity contribution < 1.29 is 9.47 Å². The number of hydrogen-bond acceptors (Lipinski definition) is 3. The predicted molar refractivity (Wildman–Crippen MR) is 98.4 cm³/mol. The first-order valence-corrected chi connectivity index (χ1v) is 7.98. The van der Waals surface area contributed by atoms with Crippen LogP contribution in [0.3, 0.4) is 0 Å². The van der Waals surface area contributed by atoms with Gasteiger partial charge in [-0.25, -0.2) is 0 Å². The van der Waals surface area contributed by atoms with Gasteiger partial charge >= 0.3 is 0 Å². The van der Waals surface area contributed by atoms with E-state index in [1.165, 1.54) is 0 Å². The van der Waals surface area contributed by atoms with Crippen LogP contribution in [0.1, 0.15) is 25.5 Å². The molecule has 0 aromatic heterocycles. The molecule has 0 bridgehead atoms. The lowest BCUT2D eigenvalue weighted by molar-refractivity contribution is 0.342. The molecule has 0 saturated heterocycles. The van der Waals surface area contributed by atoms with Gasteiger partial charge in [0.25, 0.3) is 0 Å². The molecule has 2 N–H and O–H groups in total. The summed E-state index contributed by atoms with van der Waals surface area (Å²) in [6.07, 6.45) is 0. The highest BCUT2D eigenvalue weighted by atomic mass is 32.1. The summed E-state index contributed by atoms with van der Waals surface area (Å²) in [5.41, 5.74) is 1.99. The Morgan fingerprint density at radius 1 is 1.13 bits per heavy atom. The Balaban J connectivity index is 1.98. The summed E-state index contributed by atoms with van der Waals surface area (Å²) in [7, 11) is 1.66. The third-order valence-corrected chi connectivity index (χ3v) is 3.62. The quantitative estimate of drug-likeness (QED) is 0.779. The predicted octanol–water partition coefficient (Wildman–Crippen LogP) is 4.14. The first kappa shape index (κ1) is 17.1. The second-order valence-electron chi connectivity index (χ2n) is 5.02. The molecule has 0 aliphatic carbocycles. The van der Waals surface area contributed by atoms with Crippen LogP contribution < -0.4 is 20.1 Å². The van der Waals surface area contributed by atoms with Crippen LogP contribution in [0.5, 0.6) is 11.5 Å². The molecule has 0 fully saturated rings. The van der Waals surface area contributed by atoms with Crippen LogP contribution in [0.2, 0.25) is 0 Å².